The largest absolute Gasteiger partial charge is 0.481 e. The number of methoxy groups -OCH3 is 1. The Balaban J connectivity index is 1.95. The summed E-state index contributed by atoms with van der Waals surface area (Å²) in [7, 11) is 1.58. The summed E-state index contributed by atoms with van der Waals surface area (Å²) in [5, 5.41) is 0. The van der Waals surface area contributed by atoms with Crippen molar-refractivity contribution in [2.24, 2.45) is 0 Å². The van der Waals surface area contributed by atoms with E-state index in [4.69, 9.17) is 9.47 Å². The van der Waals surface area contributed by atoms with Crippen LogP contribution in [0.15, 0.2) is 12.1 Å². The van der Waals surface area contributed by atoms with Gasteiger partial charge in [0.05, 0.1) is 26.4 Å². The van der Waals surface area contributed by atoms with Crippen LogP contribution in [0.1, 0.15) is 12.0 Å². The van der Waals surface area contributed by atoms with Crippen molar-refractivity contribution in [1.29, 1.82) is 0 Å². The number of nitrogens with zero attached hydrogens (tertiary/aromatic N) is 2. The molecule has 1 saturated heterocycles. The number of aromatic nitrogens is 1. The summed E-state index contributed by atoms with van der Waals surface area (Å²) in [6.07, 6.45) is 1.49. The number of epoxide rings is 1. The molecule has 3 rings (SSSR count). The van der Waals surface area contributed by atoms with Crippen molar-refractivity contribution in [3.05, 3.63) is 17.7 Å². The minimum Gasteiger partial charge on any atom is -0.481 e. The van der Waals surface area contributed by atoms with E-state index < -0.39 is 0 Å². The van der Waals surface area contributed by atoms with Gasteiger partial charge in [-0.25, -0.2) is 0 Å². The van der Waals surface area contributed by atoms with Crippen molar-refractivity contribution >= 4 is 11.7 Å². The van der Waals surface area contributed by atoms with Gasteiger partial charge in [-0.1, -0.05) is 0 Å². The summed E-state index contributed by atoms with van der Waals surface area (Å²) in [6.45, 7) is 1.34. The normalized spacial score (nSPS) is 22.3. The second kappa shape index (κ2) is 4.00. The fourth-order valence-corrected chi connectivity index (χ4v) is 2.06. The van der Waals surface area contributed by atoms with E-state index in [2.05, 4.69) is 4.98 Å². The highest BCUT2D eigenvalue weighted by molar-refractivity contribution is 5.95. The first-order valence-electron chi connectivity index (χ1n) is 5.74. The van der Waals surface area contributed by atoms with Crippen LogP contribution in [-0.2, 0) is 16.0 Å². The summed E-state index contributed by atoms with van der Waals surface area (Å²) in [6, 6.07) is 3.81. The summed E-state index contributed by atoms with van der Waals surface area (Å²) in [5.41, 5.74) is 1.10. The SMILES string of the molecule is COc1ccc2c(n1)N(C[C@H]1CO1)C(=O)CC2. The number of rotatable bonds is 3. The average Bonchev–Trinajstić information content (AvgIpc) is 3.16. The number of anilines is 1. The Morgan fingerprint density at radius 3 is 3.06 bits per heavy atom. The third kappa shape index (κ3) is 1.98. The maximum absolute atomic E-state index is 11.9. The van der Waals surface area contributed by atoms with Crippen LogP contribution >= 0.6 is 0 Å². The molecule has 0 aromatic carbocycles. The zero-order valence-electron chi connectivity index (χ0n) is 9.68. The smallest absolute Gasteiger partial charge is 0.228 e. The van der Waals surface area contributed by atoms with Gasteiger partial charge >= 0.3 is 0 Å². The predicted octanol–water partition coefficient (Wildman–Crippen LogP) is 0.768. The predicted molar refractivity (Wildman–Crippen MR) is 61.2 cm³/mol. The topological polar surface area (TPSA) is 55.0 Å². The molecule has 2 aliphatic rings. The standard InChI is InChI=1S/C12H14N2O3/c1-16-10-4-2-8-3-5-11(15)14(12(8)13-10)6-9-7-17-9/h2,4,9H,3,5-7H2,1H3/t9-/m0/s1. The maximum atomic E-state index is 11.9. The molecule has 0 unspecified atom stereocenters. The number of amides is 1. The number of hydrogen-bond acceptors (Lipinski definition) is 4. The third-order valence-corrected chi connectivity index (χ3v) is 3.09. The molecule has 0 bridgehead atoms. The van der Waals surface area contributed by atoms with E-state index in [-0.39, 0.29) is 12.0 Å². The molecule has 1 fully saturated rings. The van der Waals surface area contributed by atoms with Crippen LogP contribution in [0.2, 0.25) is 0 Å². The molecule has 17 heavy (non-hydrogen) atoms. The fraction of sp³-hybridized carbons (Fsp3) is 0.500. The van der Waals surface area contributed by atoms with Crippen molar-refractivity contribution in [3.8, 4) is 5.88 Å². The van der Waals surface area contributed by atoms with Crippen LogP contribution in [0.25, 0.3) is 0 Å². The number of carbonyl (C=O) groups is 1. The van der Waals surface area contributed by atoms with E-state index in [0.717, 1.165) is 24.4 Å². The van der Waals surface area contributed by atoms with E-state index in [1.54, 1.807) is 12.0 Å². The number of pyridine rings is 1. The lowest BCUT2D eigenvalue weighted by atomic mass is 10.0. The van der Waals surface area contributed by atoms with Crippen LogP contribution in [0.4, 0.5) is 5.82 Å². The Hall–Kier alpha value is -1.62. The van der Waals surface area contributed by atoms with E-state index in [9.17, 15) is 4.79 Å². The van der Waals surface area contributed by atoms with Gasteiger partial charge in [-0.05, 0) is 18.1 Å². The van der Waals surface area contributed by atoms with Crippen LogP contribution in [0.5, 0.6) is 5.88 Å². The molecular formula is C12H14N2O3. The first-order valence-corrected chi connectivity index (χ1v) is 5.74. The summed E-state index contributed by atoms with van der Waals surface area (Å²) >= 11 is 0. The van der Waals surface area contributed by atoms with Gasteiger partial charge < -0.3 is 9.47 Å². The molecule has 0 radical (unpaired) electrons. The van der Waals surface area contributed by atoms with E-state index in [1.165, 1.54) is 0 Å². The number of hydrogen-bond donors (Lipinski definition) is 0. The summed E-state index contributed by atoms with van der Waals surface area (Å²) in [4.78, 5) is 18.0. The molecule has 1 aromatic heterocycles. The lowest BCUT2D eigenvalue weighted by Crippen LogP contribution is -2.38. The van der Waals surface area contributed by atoms with Gasteiger partial charge in [0.2, 0.25) is 11.8 Å². The second-order valence-corrected chi connectivity index (χ2v) is 4.30. The molecule has 1 atom stereocenters. The molecule has 0 spiro atoms. The molecule has 0 saturated carbocycles. The van der Waals surface area contributed by atoms with E-state index in [1.807, 2.05) is 12.1 Å². The summed E-state index contributed by atoms with van der Waals surface area (Å²) in [5.74, 6) is 1.39. The highest BCUT2D eigenvalue weighted by Crippen LogP contribution is 2.29. The van der Waals surface area contributed by atoms with Gasteiger partial charge in [0, 0.05) is 12.5 Å². The number of aryl methyl sites for hydroxylation is 1. The van der Waals surface area contributed by atoms with Crippen molar-refractivity contribution in [2.75, 3.05) is 25.2 Å². The molecule has 0 aliphatic carbocycles. The Morgan fingerprint density at radius 2 is 2.35 bits per heavy atom. The third-order valence-electron chi connectivity index (χ3n) is 3.09. The van der Waals surface area contributed by atoms with Gasteiger partial charge in [-0.15, -0.1) is 0 Å². The minimum absolute atomic E-state index is 0.119. The highest BCUT2D eigenvalue weighted by Gasteiger charge is 2.32. The average molecular weight is 234 g/mol. The highest BCUT2D eigenvalue weighted by atomic mass is 16.6. The fourth-order valence-electron chi connectivity index (χ4n) is 2.06. The lowest BCUT2D eigenvalue weighted by molar-refractivity contribution is -0.119. The summed E-state index contributed by atoms with van der Waals surface area (Å²) < 4.78 is 10.3. The Morgan fingerprint density at radius 1 is 1.53 bits per heavy atom. The monoisotopic (exact) mass is 234 g/mol. The van der Waals surface area contributed by atoms with E-state index in [0.29, 0.717) is 18.8 Å². The zero-order valence-corrected chi connectivity index (χ0v) is 9.68. The van der Waals surface area contributed by atoms with Gasteiger partial charge in [-0.2, -0.15) is 4.98 Å². The van der Waals surface area contributed by atoms with Gasteiger partial charge in [0.1, 0.15) is 5.82 Å². The lowest BCUT2D eigenvalue weighted by Gasteiger charge is -2.27. The van der Waals surface area contributed by atoms with Crippen molar-refractivity contribution < 1.29 is 14.3 Å². The quantitative estimate of drug-likeness (QED) is 0.725. The maximum Gasteiger partial charge on any atom is 0.228 e. The van der Waals surface area contributed by atoms with Crippen LogP contribution in [-0.4, -0.2) is 37.3 Å². The van der Waals surface area contributed by atoms with Gasteiger partial charge in [0.25, 0.3) is 0 Å². The van der Waals surface area contributed by atoms with Crippen LogP contribution in [0.3, 0.4) is 0 Å². The van der Waals surface area contributed by atoms with Crippen molar-refractivity contribution in [2.45, 2.75) is 18.9 Å². The molecule has 90 valence electrons. The molecule has 3 heterocycles. The van der Waals surface area contributed by atoms with Crippen LogP contribution in [0, 0.1) is 0 Å². The molecule has 5 nitrogen and oxygen atoms in total. The first-order chi connectivity index (χ1) is 8.28. The Kier molecular flexibility index (Phi) is 2.48. The Labute approximate surface area is 99.3 Å². The number of fused-ring (bicyclic) bond motifs is 1. The molecule has 0 N–H and O–H groups in total. The van der Waals surface area contributed by atoms with Gasteiger partial charge in [0.15, 0.2) is 0 Å². The molecule has 5 heteroatoms. The molecule has 2 aliphatic heterocycles. The Bertz CT molecular complexity index is 457. The zero-order chi connectivity index (χ0) is 11.8. The van der Waals surface area contributed by atoms with E-state index >= 15 is 0 Å². The first kappa shape index (κ1) is 10.5. The van der Waals surface area contributed by atoms with Crippen molar-refractivity contribution in [3.63, 3.8) is 0 Å². The molecule has 1 amide bonds. The van der Waals surface area contributed by atoms with Gasteiger partial charge in [-0.3, -0.25) is 9.69 Å². The van der Waals surface area contributed by atoms with Crippen molar-refractivity contribution in [1.82, 2.24) is 4.98 Å². The molecule has 1 aromatic rings. The number of ether oxygens (including phenoxy) is 2. The second-order valence-electron chi connectivity index (χ2n) is 4.30. The van der Waals surface area contributed by atoms with Crippen LogP contribution < -0.4 is 9.64 Å². The minimum atomic E-state index is 0.119. The molecular weight excluding hydrogens is 220 g/mol. The number of carbonyl (C=O) groups excluding carboxylic acids is 1.